The Labute approximate surface area is 187 Å². The molecule has 33 heavy (non-hydrogen) atoms. The van der Waals surface area contributed by atoms with E-state index in [2.05, 4.69) is 0 Å². The standard InChI is InChI=1S/C19H21FN3O9P/c1-3-15(25)31-23(33(28)32-12-7-5-4-6-8-12)29-11-13-16(26)19(2,20)17(30-13)22-10-9-14(24)21-18(22)27/h4-10,13,16-17,26H,3,11H2,1-2H3/p+1/t13-,16-,17-,19-/m1/s1. The van der Waals surface area contributed by atoms with E-state index < -0.39 is 56.1 Å². The van der Waals surface area contributed by atoms with Crippen molar-refractivity contribution in [2.45, 2.75) is 44.4 Å². The zero-order valence-corrected chi connectivity index (χ0v) is 18.5. The molecule has 1 aliphatic heterocycles. The summed E-state index contributed by atoms with van der Waals surface area (Å²) in [7, 11) is -2.89. The molecule has 14 heteroatoms. The number of hydrogen-bond acceptors (Lipinski definition) is 9. The Balaban J connectivity index is 1.73. The highest BCUT2D eigenvalue weighted by Crippen LogP contribution is 2.41. The number of carbonyl (C=O) groups excluding carboxylic acids is 1. The number of rotatable bonds is 9. The Morgan fingerprint density at radius 2 is 2.03 bits per heavy atom. The monoisotopic (exact) mass is 486 g/mol. The number of aliphatic hydroxyl groups is 1. The SMILES string of the molecule is CCC(=O)ON(OC[C@H]1O[C@@H](n2ccc(=O)[nH]c2=O)[C@](C)(F)[C@@H]1O)[P+](=O)Oc1ccccc1. The van der Waals surface area contributed by atoms with Crippen LogP contribution in [0.4, 0.5) is 4.39 Å². The van der Waals surface area contributed by atoms with E-state index in [-0.39, 0.29) is 12.2 Å². The maximum Gasteiger partial charge on any atom is 0.732 e. The van der Waals surface area contributed by atoms with Crippen molar-refractivity contribution in [3.05, 3.63) is 63.4 Å². The van der Waals surface area contributed by atoms with E-state index in [1.54, 1.807) is 18.2 Å². The maximum absolute atomic E-state index is 15.3. The van der Waals surface area contributed by atoms with Crippen LogP contribution in [0.15, 0.2) is 52.2 Å². The van der Waals surface area contributed by atoms with Crippen molar-refractivity contribution in [1.29, 1.82) is 0 Å². The molecule has 0 bridgehead atoms. The van der Waals surface area contributed by atoms with E-state index in [0.717, 1.165) is 23.8 Å². The maximum atomic E-state index is 15.3. The van der Waals surface area contributed by atoms with Gasteiger partial charge in [-0.2, -0.15) is 0 Å². The molecular formula is C19H22FN3O9P+. The first-order valence-corrected chi connectivity index (χ1v) is 10.9. The molecule has 2 aromatic rings. The number of aromatic amines is 1. The molecule has 1 aromatic heterocycles. The van der Waals surface area contributed by atoms with Gasteiger partial charge < -0.3 is 14.7 Å². The van der Waals surface area contributed by atoms with Gasteiger partial charge >= 0.3 is 19.8 Å². The molecule has 12 nitrogen and oxygen atoms in total. The number of halogens is 1. The fraction of sp³-hybridized carbons (Fsp3) is 0.421. The Kier molecular flexibility index (Phi) is 7.72. The number of para-hydroxylation sites is 1. The Morgan fingerprint density at radius 3 is 2.67 bits per heavy atom. The van der Waals surface area contributed by atoms with Gasteiger partial charge in [0.1, 0.15) is 18.8 Å². The number of aromatic nitrogens is 2. The van der Waals surface area contributed by atoms with Crippen LogP contribution in [0.5, 0.6) is 5.75 Å². The summed E-state index contributed by atoms with van der Waals surface area (Å²) >= 11 is 0. The number of H-pyrrole nitrogens is 1. The van der Waals surface area contributed by atoms with Gasteiger partial charge in [-0.15, -0.1) is 0 Å². The summed E-state index contributed by atoms with van der Waals surface area (Å²) in [6.07, 6.45) is -3.81. The minimum Gasteiger partial charge on any atom is -0.387 e. The highest BCUT2D eigenvalue weighted by molar-refractivity contribution is 7.36. The zero-order valence-electron chi connectivity index (χ0n) is 17.6. The molecule has 3 rings (SSSR count). The number of ether oxygens (including phenoxy) is 1. The number of hydrogen-bond donors (Lipinski definition) is 2. The first-order valence-electron chi connectivity index (χ1n) is 9.81. The van der Waals surface area contributed by atoms with Gasteiger partial charge in [-0.25, -0.2) is 18.5 Å². The van der Waals surface area contributed by atoms with Crippen LogP contribution in [-0.2, 0) is 23.8 Å². The summed E-state index contributed by atoms with van der Waals surface area (Å²) in [5.41, 5.74) is -4.10. The Bertz CT molecular complexity index is 1110. The smallest absolute Gasteiger partial charge is 0.387 e. The molecule has 1 aromatic carbocycles. The summed E-state index contributed by atoms with van der Waals surface area (Å²) in [6.45, 7) is 1.88. The summed E-state index contributed by atoms with van der Waals surface area (Å²) in [5, 5.41) is 10.4. The molecule has 1 aliphatic rings. The van der Waals surface area contributed by atoms with Crippen LogP contribution >= 0.6 is 8.18 Å². The van der Waals surface area contributed by atoms with E-state index in [1.165, 1.54) is 19.1 Å². The molecule has 0 amide bonds. The normalized spacial score (nSPS) is 25.1. The molecule has 0 radical (unpaired) electrons. The van der Waals surface area contributed by atoms with Crippen molar-refractivity contribution < 1.29 is 37.8 Å². The number of aliphatic hydroxyl groups excluding tert-OH is 1. The van der Waals surface area contributed by atoms with Gasteiger partial charge in [0.25, 0.3) is 10.6 Å². The predicted molar refractivity (Wildman–Crippen MR) is 110 cm³/mol. The van der Waals surface area contributed by atoms with Crippen molar-refractivity contribution >= 4 is 14.1 Å². The summed E-state index contributed by atoms with van der Waals surface area (Å²) < 4.78 is 39.2. The number of carbonyl (C=O) groups is 1. The molecular weight excluding hydrogens is 464 g/mol. The highest BCUT2D eigenvalue weighted by atomic mass is 31.1. The number of nitrogens with one attached hydrogen (secondary N) is 1. The lowest BCUT2D eigenvalue weighted by Gasteiger charge is -2.24. The molecule has 5 atom stereocenters. The van der Waals surface area contributed by atoms with Crippen LogP contribution in [0.2, 0.25) is 0 Å². The molecule has 2 N–H and O–H groups in total. The van der Waals surface area contributed by atoms with E-state index in [1.807, 2.05) is 4.98 Å². The third kappa shape index (κ3) is 5.70. The number of benzene rings is 1. The molecule has 0 aliphatic carbocycles. The van der Waals surface area contributed by atoms with Crippen LogP contribution in [0.3, 0.4) is 0 Å². The molecule has 2 heterocycles. The molecule has 0 spiro atoms. The van der Waals surface area contributed by atoms with Crippen molar-refractivity contribution in [3.63, 3.8) is 0 Å². The predicted octanol–water partition coefficient (Wildman–Crippen LogP) is 1.36. The second-order valence-electron chi connectivity index (χ2n) is 7.13. The van der Waals surface area contributed by atoms with E-state index >= 15 is 4.39 Å². The van der Waals surface area contributed by atoms with Crippen LogP contribution in [0, 0.1) is 0 Å². The average Bonchev–Trinajstić information content (AvgIpc) is 3.00. The van der Waals surface area contributed by atoms with Crippen LogP contribution in [-0.4, -0.2) is 50.1 Å². The summed E-state index contributed by atoms with van der Waals surface area (Å²) in [5.74, 6) is -0.596. The van der Waals surface area contributed by atoms with Gasteiger partial charge in [-0.3, -0.25) is 19.1 Å². The minimum absolute atomic E-state index is 0.0727. The van der Waals surface area contributed by atoms with E-state index in [9.17, 15) is 24.1 Å². The van der Waals surface area contributed by atoms with Gasteiger partial charge in [-0.05, 0) is 19.1 Å². The molecule has 1 unspecified atom stereocenters. The lowest BCUT2D eigenvalue weighted by molar-refractivity contribution is -0.297. The van der Waals surface area contributed by atoms with Crippen molar-refractivity contribution in [2.75, 3.05) is 6.61 Å². The largest absolute Gasteiger partial charge is 0.732 e. The first kappa shape index (κ1) is 24.7. The van der Waals surface area contributed by atoms with Crippen molar-refractivity contribution in [3.8, 4) is 5.75 Å². The van der Waals surface area contributed by atoms with E-state index in [4.69, 9.17) is 18.9 Å². The fourth-order valence-electron chi connectivity index (χ4n) is 2.96. The van der Waals surface area contributed by atoms with E-state index in [0.29, 0.717) is 5.00 Å². The summed E-state index contributed by atoms with van der Waals surface area (Å²) in [4.78, 5) is 47.4. The first-order chi connectivity index (χ1) is 15.6. The lowest BCUT2D eigenvalue weighted by Crippen LogP contribution is -2.44. The van der Waals surface area contributed by atoms with Crippen LogP contribution in [0.1, 0.15) is 26.5 Å². The fourth-order valence-corrected chi connectivity index (χ4v) is 3.65. The number of nitrogens with zero attached hydrogens (tertiary/aromatic N) is 2. The number of alkyl halides is 1. The van der Waals surface area contributed by atoms with Crippen molar-refractivity contribution in [2.24, 2.45) is 0 Å². The summed E-state index contributed by atoms with van der Waals surface area (Å²) in [6, 6.07) is 8.99. The zero-order chi connectivity index (χ0) is 24.2. The third-order valence-electron chi connectivity index (χ3n) is 4.70. The van der Waals surface area contributed by atoms with Crippen molar-refractivity contribution in [1.82, 2.24) is 14.5 Å². The quantitative estimate of drug-likeness (QED) is 0.393. The van der Waals surface area contributed by atoms with Gasteiger partial charge in [-0.1, -0.05) is 25.1 Å². The second kappa shape index (κ2) is 10.3. The Hall–Kier alpha value is -2.96. The van der Waals surface area contributed by atoms with Gasteiger partial charge in [0.05, 0.1) is 0 Å². The average molecular weight is 486 g/mol. The van der Waals surface area contributed by atoms with Gasteiger partial charge in [0.15, 0.2) is 17.6 Å². The third-order valence-corrected chi connectivity index (χ3v) is 5.53. The van der Waals surface area contributed by atoms with Crippen LogP contribution in [0.25, 0.3) is 0 Å². The van der Waals surface area contributed by atoms with Gasteiger partial charge in [0, 0.05) is 23.2 Å². The second-order valence-corrected chi connectivity index (χ2v) is 8.12. The molecule has 178 valence electrons. The lowest BCUT2D eigenvalue weighted by atomic mass is 9.98. The molecule has 0 saturated carbocycles. The minimum atomic E-state index is -2.89. The molecule has 1 saturated heterocycles. The highest BCUT2D eigenvalue weighted by Gasteiger charge is 2.56. The van der Waals surface area contributed by atoms with Crippen LogP contribution < -0.4 is 15.8 Å². The van der Waals surface area contributed by atoms with Gasteiger partial charge in [0.2, 0.25) is 0 Å². The Morgan fingerprint density at radius 1 is 1.33 bits per heavy atom. The molecule has 1 fully saturated rings. The topological polar surface area (TPSA) is 149 Å².